The fourth-order valence-corrected chi connectivity index (χ4v) is 2.21. The molecule has 16 heavy (non-hydrogen) atoms. The van der Waals surface area contributed by atoms with Crippen molar-refractivity contribution in [1.29, 1.82) is 0 Å². The number of hydrogen-bond donors (Lipinski definition) is 2. The third-order valence-electron chi connectivity index (χ3n) is 2.07. The summed E-state index contributed by atoms with van der Waals surface area (Å²) in [7, 11) is -0.231. The molecule has 0 spiro atoms. The number of rotatable bonds is 2. The summed E-state index contributed by atoms with van der Waals surface area (Å²) in [6, 6.07) is 4.77. The van der Waals surface area contributed by atoms with Crippen molar-refractivity contribution in [1.82, 2.24) is 4.98 Å². The summed E-state index contributed by atoms with van der Waals surface area (Å²) in [6.07, 6.45) is 0. The van der Waals surface area contributed by atoms with E-state index in [1.165, 1.54) is 7.11 Å². The van der Waals surface area contributed by atoms with Crippen LogP contribution < -0.4 is 5.46 Å². The molecule has 7 heteroatoms. The number of thiazole rings is 1. The Morgan fingerprint density at radius 1 is 1.50 bits per heavy atom. The van der Waals surface area contributed by atoms with Crippen molar-refractivity contribution >= 4 is 40.1 Å². The van der Waals surface area contributed by atoms with Crippen molar-refractivity contribution in [3.8, 4) is 0 Å². The molecule has 5 nitrogen and oxygen atoms in total. The summed E-state index contributed by atoms with van der Waals surface area (Å²) in [5, 5.41) is 18.2. The van der Waals surface area contributed by atoms with Gasteiger partial charge in [-0.3, -0.25) is 0 Å². The van der Waals surface area contributed by atoms with Gasteiger partial charge in [-0.05, 0) is 17.6 Å². The Morgan fingerprint density at radius 3 is 2.88 bits per heavy atom. The molecule has 0 bridgehead atoms. The average Bonchev–Trinajstić information content (AvgIpc) is 2.70. The molecule has 0 aliphatic heterocycles. The molecule has 2 rings (SSSR count). The molecule has 1 aromatic heterocycles. The van der Waals surface area contributed by atoms with Gasteiger partial charge >= 0.3 is 13.1 Å². The summed E-state index contributed by atoms with van der Waals surface area (Å²) < 4.78 is 5.27. The molecule has 2 aromatic rings. The number of hydrogen-bond acceptors (Lipinski definition) is 6. The van der Waals surface area contributed by atoms with E-state index in [1.807, 2.05) is 0 Å². The third-order valence-corrected chi connectivity index (χ3v) is 3.07. The van der Waals surface area contributed by atoms with Crippen LogP contribution in [0.4, 0.5) is 0 Å². The van der Waals surface area contributed by atoms with Crippen LogP contribution in [0.15, 0.2) is 18.2 Å². The van der Waals surface area contributed by atoms with Gasteiger partial charge in [-0.25, -0.2) is 9.78 Å². The fourth-order valence-electron chi connectivity index (χ4n) is 1.28. The Kier molecular flexibility index (Phi) is 2.91. The van der Waals surface area contributed by atoms with Crippen molar-refractivity contribution in [2.24, 2.45) is 0 Å². The van der Waals surface area contributed by atoms with E-state index in [4.69, 9.17) is 10.0 Å². The number of carbonyl (C=O) groups is 1. The minimum absolute atomic E-state index is 0.252. The van der Waals surface area contributed by atoms with E-state index in [0.29, 0.717) is 15.7 Å². The first-order chi connectivity index (χ1) is 7.61. The SMILES string of the molecule is COC(=O)c1nc2ccc(B(O)O)cc2s1. The average molecular weight is 237 g/mol. The second kappa shape index (κ2) is 4.21. The van der Waals surface area contributed by atoms with Crippen LogP contribution in [0, 0.1) is 0 Å². The molecule has 0 aliphatic rings. The summed E-state index contributed by atoms with van der Waals surface area (Å²) in [5.74, 6) is -0.493. The zero-order valence-corrected chi connectivity index (χ0v) is 9.19. The second-order valence-electron chi connectivity index (χ2n) is 3.11. The molecule has 1 aromatic carbocycles. The largest absolute Gasteiger partial charge is 0.488 e. The molecule has 0 fully saturated rings. The van der Waals surface area contributed by atoms with Crippen LogP contribution in [-0.2, 0) is 4.74 Å². The van der Waals surface area contributed by atoms with E-state index in [0.717, 1.165) is 11.3 Å². The van der Waals surface area contributed by atoms with Gasteiger partial charge in [-0.1, -0.05) is 6.07 Å². The molecule has 1 heterocycles. The highest BCUT2D eigenvalue weighted by molar-refractivity contribution is 7.20. The smallest absolute Gasteiger partial charge is 0.464 e. The Morgan fingerprint density at radius 2 is 2.25 bits per heavy atom. The highest BCUT2D eigenvalue weighted by atomic mass is 32.1. The molecule has 2 N–H and O–H groups in total. The van der Waals surface area contributed by atoms with Gasteiger partial charge in [0.15, 0.2) is 0 Å². The molecule has 0 aliphatic carbocycles. The van der Waals surface area contributed by atoms with E-state index in [2.05, 4.69) is 9.72 Å². The Bertz CT molecular complexity index is 539. The van der Waals surface area contributed by atoms with E-state index in [-0.39, 0.29) is 5.01 Å². The number of methoxy groups -OCH3 is 1. The number of aromatic nitrogens is 1. The van der Waals surface area contributed by atoms with Gasteiger partial charge < -0.3 is 14.8 Å². The van der Waals surface area contributed by atoms with Gasteiger partial charge in [-0.2, -0.15) is 0 Å². The molecule has 0 saturated heterocycles. The lowest BCUT2D eigenvalue weighted by molar-refractivity contribution is 0.0600. The van der Waals surface area contributed by atoms with E-state index < -0.39 is 13.1 Å². The van der Waals surface area contributed by atoms with Crippen molar-refractivity contribution < 1.29 is 19.6 Å². The molecule has 82 valence electrons. The van der Waals surface area contributed by atoms with Crippen molar-refractivity contribution in [3.05, 3.63) is 23.2 Å². The van der Waals surface area contributed by atoms with E-state index >= 15 is 0 Å². The maximum absolute atomic E-state index is 11.2. The summed E-state index contributed by atoms with van der Waals surface area (Å²) >= 11 is 1.15. The minimum Gasteiger partial charge on any atom is -0.464 e. The predicted octanol–water partition coefficient (Wildman–Crippen LogP) is -0.237. The zero-order chi connectivity index (χ0) is 11.7. The van der Waals surface area contributed by atoms with Crippen LogP contribution in [0.3, 0.4) is 0 Å². The van der Waals surface area contributed by atoms with Crippen LogP contribution in [0.2, 0.25) is 0 Å². The van der Waals surface area contributed by atoms with Gasteiger partial charge in [0, 0.05) is 0 Å². The minimum atomic E-state index is -1.52. The van der Waals surface area contributed by atoms with Crippen molar-refractivity contribution in [2.45, 2.75) is 0 Å². The standard InChI is InChI=1S/C9H8BNO4S/c1-15-9(12)8-11-6-3-2-5(10(13)14)4-7(6)16-8/h2-4,13-14H,1H3. The first-order valence-corrected chi connectivity index (χ1v) is 5.28. The fraction of sp³-hybridized carbons (Fsp3) is 0.111. The second-order valence-corrected chi connectivity index (χ2v) is 4.14. The number of nitrogens with zero attached hydrogens (tertiary/aromatic N) is 1. The third kappa shape index (κ3) is 1.92. The van der Waals surface area contributed by atoms with Crippen LogP contribution in [-0.4, -0.2) is 35.2 Å². The maximum atomic E-state index is 11.2. The monoisotopic (exact) mass is 237 g/mol. The lowest BCUT2D eigenvalue weighted by Gasteiger charge is -1.96. The first kappa shape index (κ1) is 11.1. The molecule has 0 saturated carbocycles. The lowest BCUT2D eigenvalue weighted by atomic mass is 9.80. The molecule has 0 radical (unpaired) electrons. The number of carbonyl (C=O) groups excluding carboxylic acids is 1. The molecular formula is C9H8BNO4S. The number of fused-ring (bicyclic) bond motifs is 1. The van der Waals surface area contributed by atoms with Crippen molar-refractivity contribution in [2.75, 3.05) is 7.11 Å². The van der Waals surface area contributed by atoms with Crippen LogP contribution in [0.25, 0.3) is 10.2 Å². The first-order valence-electron chi connectivity index (χ1n) is 4.47. The quantitative estimate of drug-likeness (QED) is 0.556. The predicted molar refractivity (Wildman–Crippen MR) is 60.8 cm³/mol. The van der Waals surface area contributed by atoms with E-state index in [9.17, 15) is 4.79 Å². The topological polar surface area (TPSA) is 79.7 Å². The normalized spacial score (nSPS) is 10.4. The van der Waals surface area contributed by atoms with Crippen LogP contribution in [0.5, 0.6) is 0 Å². The van der Waals surface area contributed by atoms with Crippen LogP contribution in [0.1, 0.15) is 9.80 Å². The van der Waals surface area contributed by atoms with Crippen molar-refractivity contribution in [3.63, 3.8) is 0 Å². The highest BCUT2D eigenvalue weighted by Gasteiger charge is 2.15. The summed E-state index contributed by atoms with van der Waals surface area (Å²) in [5.41, 5.74) is 1.00. The Hall–Kier alpha value is -1.44. The number of esters is 1. The molecular weight excluding hydrogens is 229 g/mol. The zero-order valence-electron chi connectivity index (χ0n) is 8.38. The Labute approximate surface area is 95.5 Å². The lowest BCUT2D eigenvalue weighted by Crippen LogP contribution is -2.29. The van der Waals surface area contributed by atoms with Gasteiger partial charge in [0.1, 0.15) is 0 Å². The molecule has 0 unspecified atom stereocenters. The molecule has 0 atom stereocenters. The number of benzene rings is 1. The maximum Gasteiger partial charge on any atom is 0.488 e. The number of ether oxygens (including phenoxy) is 1. The van der Waals surface area contributed by atoms with Gasteiger partial charge in [0.25, 0.3) is 0 Å². The van der Waals surface area contributed by atoms with Crippen LogP contribution >= 0.6 is 11.3 Å². The highest BCUT2D eigenvalue weighted by Crippen LogP contribution is 2.21. The Balaban J connectivity index is 2.50. The van der Waals surface area contributed by atoms with Gasteiger partial charge in [0.2, 0.25) is 5.01 Å². The summed E-state index contributed by atoms with van der Waals surface area (Å²) in [4.78, 5) is 15.3. The van der Waals surface area contributed by atoms with Gasteiger partial charge in [-0.15, -0.1) is 11.3 Å². The van der Waals surface area contributed by atoms with E-state index in [1.54, 1.807) is 18.2 Å². The summed E-state index contributed by atoms with van der Waals surface area (Å²) in [6.45, 7) is 0. The molecule has 0 amide bonds. The van der Waals surface area contributed by atoms with Gasteiger partial charge in [0.05, 0.1) is 17.3 Å².